The molecule has 0 aliphatic rings. The molecule has 0 spiro atoms. The average molecular weight is 235 g/mol. The number of aryl methyl sites for hydroxylation is 1. The molecule has 0 bridgehead atoms. The molecule has 2 nitrogen and oxygen atoms in total. The summed E-state index contributed by atoms with van der Waals surface area (Å²) < 4.78 is 13.6. The third-order valence-electron chi connectivity index (χ3n) is 2.18. The Balaban J connectivity index is 2.64. The van der Waals surface area contributed by atoms with Crippen molar-refractivity contribution in [2.75, 3.05) is 0 Å². The predicted octanol–water partition coefficient (Wildman–Crippen LogP) is 3.46. The Morgan fingerprint density at radius 3 is 2.69 bits per heavy atom. The second-order valence-electron chi connectivity index (χ2n) is 3.45. The van der Waals surface area contributed by atoms with Crippen LogP contribution in [0.5, 0.6) is 0 Å². The van der Waals surface area contributed by atoms with Crippen molar-refractivity contribution in [2.24, 2.45) is 0 Å². The summed E-state index contributed by atoms with van der Waals surface area (Å²) in [5, 5.41) is 0.767. The molecule has 16 heavy (non-hydrogen) atoms. The number of benzene rings is 1. The lowest BCUT2D eigenvalue weighted by Crippen LogP contribution is -1.93. The van der Waals surface area contributed by atoms with E-state index in [4.69, 9.17) is 0 Å². The molecule has 2 aromatic rings. The SMILES string of the molecule is CC(=O)c1sc(C)nc1-c1ccccc1F. The number of hydrogen-bond acceptors (Lipinski definition) is 3. The molecule has 0 aliphatic heterocycles. The average Bonchev–Trinajstić information content (AvgIpc) is 2.61. The van der Waals surface area contributed by atoms with E-state index in [1.807, 2.05) is 0 Å². The third-order valence-corrected chi connectivity index (χ3v) is 3.25. The highest BCUT2D eigenvalue weighted by atomic mass is 32.1. The number of aromatic nitrogens is 1. The summed E-state index contributed by atoms with van der Waals surface area (Å²) >= 11 is 1.30. The van der Waals surface area contributed by atoms with Crippen LogP contribution < -0.4 is 0 Å². The first-order valence-corrected chi connectivity index (χ1v) is 5.64. The Morgan fingerprint density at radius 2 is 2.06 bits per heavy atom. The zero-order valence-corrected chi connectivity index (χ0v) is 9.77. The number of halogens is 1. The summed E-state index contributed by atoms with van der Waals surface area (Å²) in [6, 6.07) is 6.35. The molecule has 2 rings (SSSR count). The van der Waals surface area contributed by atoms with Crippen LogP contribution in [-0.2, 0) is 0 Å². The van der Waals surface area contributed by atoms with Crippen molar-refractivity contribution >= 4 is 17.1 Å². The normalized spacial score (nSPS) is 10.4. The van der Waals surface area contributed by atoms with Crippen LogP contribution in [0.3, 0.4) is 0 Å². The van der Waals surface area contributed by atoms with Crippen molar-refractivity contribution < 1.29 is 9.18 Å². The molecule has 0 atom stereocenters. The minimum Gasteiger partial charge on any atom is -0.294 e. The fourth-order valence-corrected chi connectivity index (χ4v) is 2.33. The van der Waals surface area contributed by atoms with Gasteiger partial charge in [-0.05, 0) is 19.1 Å². The molecular weight excluding hydrogens is 225 g/mol. The molecule has 4 heteroatoms. The van der Waals surface area contributed by atoms with Gasteiger partial charge in [0.15, 0.2) is 5.78 Å². The van der Waals surface area contributed by atoms with E-state index in [-0.39, 0.29) is 11.6 Å². The van der Waals surface area contributed by atoms with Gasteiger partial charge in [0.25, 0.3) is 0 Å². The second-order valence-corrected chi connectivity index (χ2v) is 4.65. The molecule has 0 saturated heterocycles. The minimum atomic E-state index is -0.352. The molecule has 0 radical (unpaired) electrons. The fraction of sp³-hybridized carbons (Fsp3) is 0.167. The van der Waals surface area contributed by atoms with Crippen LogP contribution in [0, 0.1) is 12.7 Å². The largest absolute Gasteiger partial charge is 0.294 e. The fourth-order valence-electron chi connectivity index (χ4n) is 1.50. The Kier molecular flexibility index (Phi) is 2.83. The van der Waals surface area contributed by atoms with E-state index in [0.29, 0.717) is 16.1 Å². The summed E-state index contributed by atoms with van der Waals surface area (Å²) in [5.74, 6) is -0.431. The van der Waals surface area contributed by atoms with Gasteiger partial charge < -0.3 is 0 Å². The monoisotopic (exact) mass is 235 g/mol. The highest BCUT2D eigenvalue weighted by molar-refractivity contribution is 7.14. The van der Waals surface area contributed by atoms with Gasteiger partial charge in [-0.15, -0.1) is 11.3 Å². The molecule has 1 aromatic heterocycles. The van der Waals surface area contributed by atoms with Crippen molar-refractivity contribution in [2.45, 2.75) is 13.8 Å². The summed E-state index contributed by atoms with van der Waals surface area (Å²) in [5.41, 5.74) is 0.838. The van der Waals surface area contributed by atoms with Gasteiger partial charge in [-0.25, -0.2) is 9.37 Å². The minimum absolute atomic E-state index is 0.0798. The number of hydrogen-bond donors (Lipinski definition) is 0. The molecule has 0 amide bonds. The Bertz CT molecular complexity index is 548. The number of ketones is 1. The first-order valence-electron chi connectivity index (χ1n) is 4.83. The summed E-state index contributed by atoms with van der Waals surface area (Å²) in [7, 11) is 0. The molecule has 0 N–H and O–H groups in total. The highest BCUT2D eigenvalue weighted by Gasteiger charge is 2.17. The Labute approximate surface area is 96.8 Å². The number of rotatable bonds is 2. The van der Waals surface area contributed by atoms with Crippen LogP contribution in [0.15, 0.2) is 24.3 Å². The lowest BCUT2D eigenvalue weighted by molar-refractivity contribution is 0.102. The van der Waals surface area contributed by atoms with Crippen LogP contribution in [0.25, 0.3) is 11.3 Å². The molecule has 1 aromatic carbocycles. The summed E-state index contributed by atoms with van der Waals surface area (Å²) in [6.45, 7) is 3.28. The van der Waals surface area contributed by atoms with Gasteiger partial charge in [0, 0.05) is 12.5 Å². The predicted molar refractivity (Wildman–Crippen MR) is 62.2 cm³/mol. The molecular formula is C12H10FNOS. The van der Waals surface area contributed by atoms with Crippen LogP contribution in [0.4, 0.5) is 4.39 Å². The van der Waals surface area contributed by atoms with E-state index in [1.54, 1.807) is 25.1 Å². The van der Waals surface area contributed by atoms with E-state index in [1.165, 1.54) is 24.3 Å². The van der Waals surface area contributed by atoms with E-state index < -0.39 is 0 Å². The molecule has 0 fully saturated rings. The molecule has 82 valence electrons. The van der Waals surface area contributed by atoms with Gasteiger partial charge >= 0.3 is 0 Å². The topological polar surface area (TPSA) is 30.0 Å². The van der Waals surface area contributed by atoms with E-state index in [9.17, 15) is 9.18 Å². The first kappa shape index (κ1) is 11.0. The second kappa shape index (κ2) is 4.14. The smallest absolute Gasteiger partial charge is 0.172 e. The van der Waals surface area contributed by atoms with Crippen molar-refractivity contribution in [3.05, 3.63) is 40.0 Å². The van der Waals surface area contributed by atoms with E-state index in [2.05, 4.69) is 4.98 Å². The first-order chi connectivity index (χ1) is 7.59. The van der Waals surface area contributed by atoms with E-state index >= 15 is 0 Å². The van der Waals surface area contributed by atoms with Crippen molar-refractivity contribution in [3.8, 4) is 11.3 Å². The van der Waals surface area contributed by atoms with Crippen molar-refractivity contribution in [1.82, 2.24) is 4.98 Å². The maximum atomic E-state index is 13.6. The zero-order valence-electron chi connectivity index (χ0n) is 8.95. The van der Waals surface area contributed by atoms with E-state index in [0.717, 1.165) is 5.01 Å². The van der Waals surface area contributed by atoms with Crippen LogP contribution >= 0.6 is 11.3 Å². The number of Topliss-reactive ketones (excluding diaryl/α,β-unsaturated/α-hetero) is 1. The number of nitrogens with zero attached hydrogens (tertiary/aromatic N) is 1. The molecule has 0 unspecified atom stereocenters. The number of thiazole rings is 1. The lowest BCUT2D eigenvalue weighted by atomic mass is 10.1. The highest BCUT2D eigenvalue weighted by Crippen LogP contribution is 2.29. The third kappa shape index (κ3) is 1.88. The summed E-state index contributed by atoms with van der Waals surface area (Å²) in [4.78, 5) is 16.1. The number of carbonyl (C=O) groups is 1. The van der Waals surface area contributed by atoms with Gasteiger partial charge in [-0.3, -0.25) is 4.79 Å². The maximum Gasteiger partial charge on any atom is 0.172 e. The van der Waals surface area contributed by atoms with Gasteiger partial charge in [0.2, 0.25) is 0 Å². The summed E-state index contributed by atoms with van der Waals surface area (Å²) in [6.07, 6.45) is 0. The van der Waals surface area contributed by atoms with Gasteiger partial charge in [0.1, 0.15) is 5.82 Å². The Morgan fingerprint density at radius 1 is 1.38 bits per heavy atom. The Hall–Kier alpha value is -1.55. The molecule has 0 aliphatic carbocycles. The number of carbonyl (C=O) groups excluding carboxylic acids is 1. The van der Waals surface area contributed by atoms with Crippen molar-refractivity contribution in [3.63, 3.8) is 0 Å². The standard InChI is InChI=1S/C12H10FNOS/c1-7(15)12-11(14-8(2)16-12)9-5-3-4-6-10(9)13/h3-6H,1-2H3. The molecule has 1 heterocycles. The van der Waals surface area contributed by atoms with Crippen LogP contribution in [0.1, 0.15) is 21.6 Å². The molecule has 0 saturated carbocycles. The van der Waals surface area contributed by atoms with Crippen LogP contribution in [0.2, 0.25) is 0 Å². The van der Waals surface area contributed by atoms with Crippen molar-refractivity contribution in [1.29, 1.82) is 0 Å². The zero-order chi connectivity index (χ0) is 11.7. The quantitative estimate of drug-likeness (QED) is 0.746. The van der Waals surface area contributed by atoms with Gasteiger partial charge in [0.05, 0.1) is 15.6 Å². The lowest BCUT2D eigenvalue weighted by Gasteiger charge is -2.00. The van der Waals surface area contributed by atoms with Gasteiger partial charge in [-0.2, -0.15) is 0 Å². The van der Waals surface area contributed by atoms with Gasteiger partial charge in [-0.1, -0.05) is 12.1 Å². The maximum absolute atomic E-state index is 13.6. The van der Waals surface area contributed by atoms with Crippen LogP contribution in [-0.4, -0.2) is 10.8 Å².